The van der Waals surface area contributed by atoms with Crippen LogP contribution in [0.1, 0.15) is 5.69 Å². The lowest BCUT2D eigenvalue weighted by Gasteiger charge is -2.04. The average Bonchev–Trinajstić information content (AvgIpc) is 3.18. The molecule has 0 saturated heterocycles. The molecule has 2 aromatic heterocycles. The van der Waals surface area contributed by atoms with Crippen molar-refractivity contribution in [2.24, 2.45) is 0 Å². The number of thiazole rings is 1. The molecule has 3 aromatic rings. The summed E-state index contributed by atoms with van der Waals surface area (Å²) in [5, 5.41) is 2.41. The second-order valence-corrected chi connectivity index (χ2v) is 7.40. The highest BCUT2D eigenvalue weighted by atomic mass is 32.2. The van der Waals surface area contributed by atoms with E-state index >= 15 is 0 Å². The summed E-state index contributed by atoms with van der Waals surface area (Å²) in [6, 6.07) is 9.89. The Bertz CT molecular complexity index is 849. The highest BCUT2D eigenvalue weighted by Gasteiger charge is 2.18. The van der Waals surface area contributed by atoms with Crippen molar-refractivity contribution in [2.45, 2.75) is 10.6 Å². The number of furan rings is 1. The van der Waals surface area contributed by atoms with E-state index in [0.29, 0.717) is 22.2 Å². The third kappa shape index (κ3) is 3.05. The maximum atomic E-state index is 12.4. The molecule has 0 saturated carbocycles. The van der Waals surface area contributed by atoms with Crippen molar-refractivity contribution in [3.05, 3.63) is 53.7 Å². The van der Waals surface area contributed by atoms with Gasteiger partial charge in [0.15, 0.2) is 20.6 Å². The molecule has 3 rings (SSSR count). The van der Waals surface area contributed by atoms with Crippen molar-refractivity contribution in [1.82, 2.24) is 4.98 Å². The second kappa shape index (κ2) is 5.94. The Balaban J connectivity index is 1.82. The molecule has 0 aliphatic rings. The number of hydrogen-bond donors (Lipinski definition) is 0. The van der Waals surface area contributed by atoms with Gasteiger partial charge in [0.25, 0.3) is 0 Å². The van der Waals surface area contributed by atoms with E-state index in [4.69, 9.17) is 9.15 Å². The van der Waals surface area contributed by atoms with E-state index in [1.807, 2.05) is 0 Å². The first-order valence-corrected chi connectivity index (χ1v) is 8.97. The van der Waals surface area contributed by atoms with Gasteiger partial charge in [-0.05, 0) is 36.4 Å². The molecule has 0 aliphatic carbocycles. The van der Waals surface area contributed by atoms with E-state index in [1.165, 1.54) is 30.6 Å². The SMILES string of the molecule is COc1ccc(S(=O)(=O)Cc2csc(-c3ccco3)n2)cc1. The van der Waals surface area contributed by atoms with Crippen LogP contribution in [-0.2, 0) is 15.6 Å². The average molecular weight is 335 g/mol. The van der Waals surface area contributed by atoms with Gasteiger partial charge < -0.3 is 9.15 Å². The van der Waals surface area contributed by atoms with Crippen molar-refractivity contribution in [1.29, 1.82) is 0 Å². The van der Waals surface area contributed by atoms with Crippen LogP contribution in [-0.4, -0.2) is 20.5 Å². The molecule has 0 fully saturated rings. The quantitative estimate of drug-likeness (QED) is 0.715. The number of methoxy groups -OCH3 is 1. The lowest BCUT2D eigenvalue weighted by atomic mass is 10.3. The largest absolute Gasteiger partial charge is 0.497 e. The summed E-state index contributed by atoms with van der Waals surface area (Å²) in [6.07, 6.45) is 1.56. The maximum Gasteiger partial charge on any atom is 0.184 e. The van der Waals surface area contributed by atoms with Crippen LogP contribution in [0.15, 0.2) is 57.4 Å². The molecule has 0 radical (unpaired) electrons. The van der Waals surface area contributed by atoms with E-state index in [-0.39, 0.29) is 10.6 Å². The van der Waals surface area contributed by atoms with E-state index in [1.54, 1.807) is 35.9 Å². The monoisotopic (exact) mass is 335 g/mol. The molecule has 1 aromatic carbocycles. The lowest BCUT2D eigenvalue weighted by Crippen LogP contribution is -2.05. The molecule has 0 aliphatic heterocycles. The summed E-state index contributed by atoms with van der Waals surface area (Å²) in [5.74, 6) is 1.11. The topological polar surface area (TPSA) is 69.4 Å². The zero-order chi connectivity index (χ0) is 15.6. The Morgan fingerprint density at radius 3 is 2.64 bits per heavy atom. The Kier molecular flexibility index (Phi) is 4.00. The van der Waals surface area contributed by atoms with Crippen molar-refractivity contribution in [3.8, 4) is 16.5 Å². The zero-order valence-corrected chi connectivity index (χ0v) is 13.4. The Labute approximate surface area is 132 Å². The number of nitrogens with zero attached hydrogens (tertiary/aromatic N) is 1. The molecular weight excluding hydrogens is 322 g/mol. The first-order valence-electron chi connectivity index (χ1n) is 6.43. The predicted molar refractivity (Wildman–Crippen MR) is 83.7 cm³/mol. The van der Waals surface area contributed by atoms with Crippen LogP contribution in [0.2, 0.25) is 0 Å². The molecule has 0 N–H and O–H groups in total. The van der Waals surface area contributed by atoms with Gasteiger partial charge in [-0.3, -0.25) is 0 Å². The van der Waals surface area contributed by atoms with Crippen LogP contribution in [0.25, 0.3) is 10.8 Å². The molecule has 22 heavy (non-hydrogen) atoms. The fraction of sp³-hybridized carbons (Fsp3) is 0.133. The summed E-state index contributed by atoms with van der Waals surface area (Å²) in [7, 11) is -1.90. The van der Waals surface area contributed by atoms with Crippen LogP contribution in [0, 0.1) is 0 Å². The van der Waals surface area contributed by atoms with Gasteiger partial charge in [0.1, 0.15) is 5.75 Å². The van der Waals surface area contributed by atoms with Gasteiger partial charge in [-0.2, -0.15) is 0 Å². The van der Waals surface area contributed by atoms with Crippen LogP contribution in [0.4, 0.5) is 0 Å². The molecule has 0 atom stereocenters. The van der Waals surface area contributed by atoms with Gasteiger partial charge in [-0.1, -0.05) is 0 Å². The Hall–Kier alpha value is -2.12. The minimum absolute atomic E-state index is 0.142. The van der Waals surface area contributed by atoms with E-state index < -0.39 is 9.84 Å². The van der Waals surface area contributed by atoms with Crippen molar-refractivity contribution in [2.75, 3.05) is 7.11 Å². The van der Waals surface area contributed by atoms with Gasteiger partial charge >= 0.3 is 0 Å². The van der Waals surface area contributed by atoms with Gasteiger partial charge in [0, 0.05) is 5.38 Å². The lowest BCUT2D eigenvalue weighted by molar-refractivity contribution is 0.414. The molecular formula is C15H13NO4S2. The number of sulfone groups is 1. The molecule has 0 unspecified atom stereocenters. The molecule has 5 nitrogen and oxygen atoms in total. The molecule has 0 spiro atoms. The first-order chi connectivity index (χ1) is 10.6. The van der Waals surface area contributed by atoms with Crippen molar-refractivity contribution < 1.29 is 17.6 Å². The van der Waals surface area contributed by atoms with Crippen molar-refractivity contribution >= 4 is 21.2 Å². The van der Waals surface area contributed by atoms with E-state index in [0.717, 1.165) is 0 Å². The zero-order valence-electron chi connectivity index (χ0n) is 11.7. The predicted octanol–water partition coefficient (Wildman–Crippen LogP) is 3.39. The number of ether oxygens (including phenoxy) is 1. The second-order valence-electron chi connectivity index (χ2n) is 4.56. The number of rotatable bonds is 5. The third-order valence-electron chi connectivity index (χ3n) is 3.04. The van der Waals surface area contributed by atoms with Gasteiger partial charge in [0.05, 0.1) is 29.7 Å². The summed E-state index contributed by atoms with van der Waals surface area (Å²) >= 11 is 1.36. The highest BCUT2D eigenvalue weighted by molar-refractivity contribution is 7.90. The first kappa shape index (κ1) is 14.8. The summed E-state index contributed by atoms with van der Waals surface area (Å²) < 4.78 is 35.1. The normalized spacial score (nSPS) is 11.5. The number of hydrogen-bond acceptors (Lipinski definition) is 6. The molecule has 2 heterocycles. The van der Waals surface area contributed by atoms with Crippen LogP contribution in [0.5, 0.6) is 5.75 Å². The molecule has 0 bridgehead atoms. The third-order valence-corrected chi connectivity index (χ3v) is 5.61. The molecule has 0 amide bonds. The van der Waals surface area contributed by atoms with E-state index in [2.05, 4.69) is 4.98 Å². The maximum absolute atomic E-state index is 12.4. The summed E-state index contributed by atoms with van der Waals surface area (Å²) in [4.78, 5) is 4.57. The number of benzene rings is 1. The minimum atomic E-state index is -3.44. The minimum Gasteiger partial charge on any atom is -0.497 e. The van der Waals surface area contributed by atoms with Crippen LogP contribution >= 0.6 is 11.3 Å². The summed E-state index contributed by atoms with van der Waals surface area (Å²) in [5.41, 5.74) is 0.507. The van der Waals surface area contributed by atoms with E-state index in [9.17, 15) is 8.42 Å². The summed E-state index contributed by atoms with van der Waals surface area (Å²) in [6.45, 7) is 0. The van der Waals surface area contributed by atoms with Gasteiger partial charge in [-0.25, -0.2) is 13.4 Å². The standard InChI is InChI=1S/C15H13NO4S2/c1-19-12-4-6-13(7-5-12)22(17,18)10-11-9-21-15(16-11)14-3-2-8-20-14/h2-9H,10H2,1H3. The van der Waals surface area contributed by atoms with Crippen LogP contribution in [0.3, 0.4) is 0 Å². The molecule has 114 valence electrons. The Morgan fingerprint density at radius 1 is 1.23 bits per heavy atom. The van der Waals surface area contributed by atoms with Crippen molar-refractivity contribution in [3.63, 3.8) is 0 Å². The fourth-order valence-electron chi connectivity index (χ4n) is 1.95. The van der Waals surface area contributed by atoms with Crippen LogP contribution < -0.4 is 4.74 Å². The fourth-order valence-corrected chi connectivity index (χ4v) is 4.09. The van der Waals surface area contributed by atoms with Gasteiger partial charge in [-0.15, -0.1) is 11.3 Å². The highest BCUT2D eigenvalue weighted by Crippen LogP contribution is 2.26. The molecule has 7 heteroatoms. The number of aromatic nitrogens is 1. The smallest absolute Gasteiger partial charge is 0.184 e. The Morgan fingerprint density at radius 2 is 2.00 bits per heavy atom. The van der Waals surface area contributed by atoms with Gasteiger partial charge in [0.2, 0.25) is 0 Å².